The van der Waals surface area contributed by atoms with Crippen molar-refractivity contribution in [1.82, 2.24) is 0 Å². The molecule has 0 unspecified atom stereocenters. The second kappa shape index (κ2) is 10.7. The molecule has 0 amide bonds. The van der Waals surface area contributed by atoms with E-state index in [2.05, 4.69) is 185 Å². The number of rotatable bonds is 2. The normalized spacial score (nSPS) is 15.3. The maximum absolute atomic E-state index is 2.63. The maximum atomic E-state index is 2.63. The minimum atomic E-state index is -2.62. The Morgan fingerprint density at radius 3 is 1.82 bits per heavy atom. The molecule has 6 heteroatoms. The fraction of sp³-hybridized carbons (Fsp3) is 0.0667. The molecule has 11 rings (SSSR count). The molecule has 0 spiro atoms. The number of aryl methyl sites for hydroxylation is 1. The van der Waals surface area contributed by atoms with Gasteiger partial charge in [0, 0.05) is 0 Å². The molecule has 0 atom stereocenters. The molecular formula is C45H34BGeN3S. The summed E-state index contributed by atoms with van der Waals surface area (Å²) in [6.07, 6.45) is 0. The molecule has 0 fully saturated rings. The van der Waals surface area contributed by atoms with Crippen LogP contribution >= 0.6 is 11.8 Å². The first kappa shape index (κ1) is 29.6. The number of anilines is 9. The predicted molar refractivity (Wildman–Crippen MR) is 221 cm³/mol. The van der Waals surface area contributed by atoms with Crippen molar-refractivity contribution in [2.24, 2.45) is 0 Å². The molecule has 0 aromatic heterocycles. The fourth-order valence-corrected chi connectivity index (χ4v) is 16.6. The Hall–Kier alpha value is -5.10. The van der Waals surface area contributed by atoms with Crippen LogP contribution < -0.4 is 39.9 Å². The van der Waals surface area contributed by atoms with Crippen molar-refractivity contribution >= 4 is 108 Å². The van der Waals surface area contributed by atoms with Gasteiger partial charge in [-0.15, -0.1) is 0 Å². The van der Waals surface area contributed by atoms with Crippen molar-refractivity contribution in [2.45, 2.75) is 28.2 Å². The van der Waals surface area contributed by atoms with Crippen LogP contribution in [0.4, 0.5) is 51.2 Å². The van der Waals surface area contributed by atoms with Gasteiger partial charge in [-0.05, 0) is 0 Å². The molecule has 242 valence electrons. The molecule has 51 heavy (non-hydrogen) atoms. The van der Waals surface area contributed by atoms with Gasteiger partial charge in [0.05, 0.1) is 0 Å². The van der Waals surface area contributed by atoms with Crippen LogP contribution in [0.15, 0.2) is 161 Å². The second-order valence-corrected chi connectivity index (χ2v) is 24.8. The van der Waals surface area contributed by atoms with E-state index < -0.39 is 13.3 Å². The molecule has 7 aromatic carbocycles. The Bertz CT molecular complexity index is 2560. The predicted octanol–water partition coefficient (Wildman–Crippen LogP) is 9.15. The number of benzene rings is 7. The van der Waals surface area contributed by atoms with Gasteiger partial charge in [0.25, 0.3) is 0 Å². The molecule has 0 bridgehead atoms. The number of nitrogens with zero attached hydrogens (tertiary/aromatic N) is 3. The molecule has 0 saturated carbocycles. The van der Waals surface area contributed by atoms with Crippen LogP contribution in [-0.4, -0.2) is 20.0 Å². The first-order valence-corrected chi connectivity index (χ1v) is 24.9. The monoisotopic (exact) mass is 733 g/mol. The summed E-state index contributed by atoms with van der Waals surface area (Å²) >= 11 is -0.767. The van der Waals surface area contributed by atoms with Gasteiger partial charge in [0.15, 0.2) is 0 Å². The SMILES string of the molecule is Cc1cc2c3c(c1)N1c4cccc[c]4[Ge]([CH3])([CH3])[c]4cccc(c41)B3c1ccc(N3c4ccccc4Sc4ccccc43)cc1N2c1ccccc1. The van der Waals surface area contributed by atoms with E-state index >= 15 is 0 Å². The second-order valence-electron chi connectivity index (χ2n) is 14.7. The Labute approximate surface area is 306 Å². The molecule has 0 radical (unpaired) electrons. The van der Waals surface area contributed by atoms with Crippen molar-refractivity contribution < 1.29 is 0 Å². The van der Waals surface area contributed by atoms with Crippen LogP contribution in [0, 0.1) is 6.92 Å². The van der Waals surface area contributed by atoms with Crippen molar-refractivity contribution in [1.29, 1.82) is 0 Å². The van der Waals surface area contributed by atoms with Crippen LogP contribution in [-0.2, 0) is 0 Å². The van der Waals surface area contributed by atoms with Crippen LogP contribution in [0.25, 0.3) is 0 Å². The Morgan fingerprint density at radius 2 is 1.08 bits per heavy atom. The molecule has 4 aliphatic heterocycles. The van der Waals surface area contributed by atoms with E-state index in [1.807, 2.05) is 11.8 Å². The van der Waals surface area contributed by atoms with E-state index in [0.29, 0.717) is 0 Å². The zero-order valence-electron chi connectivity index (χ0n) is 28.8. The van der Waals surface area contributed by atoms with Crippen molar-refractivity contribution in [3.05, 3.63) is 157 Å². The van der Waals surface area contributed by atoms with Gasteiger partial charge in [-0.25, -0.2) is 0 Å². The number of fused-ring (bicyclic) bond motifs is 8. The summed E-state index contributed by atoms with van der Waals surface area (Å²) in [6, 6.07) is 57.1. The van der Waals surface area contributed by atoms with Gasteiger partial charge < -0.3 is 0 Å². The van der Waals surface area contributed by atoms with E-state index in [0.717, 1.165) is 0 Å². The number of hydrogen-bond donors (Lipinski definition) is 0. The van der Waals surface area contributed by atoms with Gasteiger partial charge in [0.1, 0.15) is 0 Å². The van der Waals surface area contributed by atoms with Gasteiger partial charge in [-0.3, -0.25) is 0 Å². The Balaban J connectivity index is 1.22. The van der Waals surface area contributed by atoms with Crippen molar-refractivity contribution in [2.75, 3.05) is 14.7 Å². The van der Waals surface area contributed by atoms with Crippen molar-refractivity contribution in [3.8, 4) is 0 Å². The van der Waals surface area contributed by atoms with E-state index in [9.17, 15) is 0 Å². The topological polar surface area (TPSA) is 9.72 Å². The zero-order valence-corrected chi connectivity index (χ0v) is 31.7. The van der Waals surface area contributed by atoms with Crippen molar-refractivity contribution in [3.63, 3.8) is 0 Å². The van der Waals surface area contributed by atoms with Crippen LogP contribution in [0.5, 0.6) is 0 Å². The quantitative estimate of drug-likeness (QED) is 0.164. The molecule has 4 aliphatic rings. The average molecular weight is 732 g/mol. The first-order chi connectivity index (χ1) is 25.0. The molecule has 3 nitrogen and oxygen atoms in total. The van der Waals surface area contributed by atoms with Crippen LogP contribution in [0.3, 0.4) is 0 Å². The summed E-state index contributed by atoms with van der Waals surface area (Å²) in [7, 11) is 0. The van der Waals surface area contributed by atoms with Crippen LogP contribution in [0.2, 0.25) is 11.5 Å². The Morgan fingerprint density at radius 1 is 0.471 bits per heavy atom. The Kier molecular flexibility index (Phi) is 6.22. The summed E-state index contributed by atoms with van der Waals surface area (Å²) in [6.45, 7) is 2.38. The summed E-state index contributed by atoms with van der Waals surface area (Å²) in [4.78, 5) is 10.2. The van der Waals surface area contributed by atoms with Gasteiger partial charge >= 0.3 is 296 Å². The average Bonchev–Trinajstić information content (AvgIpc) is 3.16. The standard InChI is InChI=1S/C45H34BGeN3S/c1-29-26-40-44-41(27-29)50-36-19-8-7-17-34(36)47(2,3)35-18-13-16-33(45(35)50)46(44)32-25-24-31(28-39(32)48(40)30-14-5-4-6-15-30)49-37-20-9-11-22-42(37)51-43-23-12-10-21-38(43)49/h4-28H,1-3H3. The van der Waals surface area contributed by atoms with E-state index in [4.69, 9.17) is 0 Å². The van der Waals surface area contributed by atoms with Gasteiger partial charge in [-0.1, -0.05) is 12.1 Å². The third-order valence-electron chi connectivity index (χ3n) is 11.4. The van der Waals surface area contributed by atoms with E-state index in [1.54, 1.807) is 8.79 Å². The molecule has 0 saturated heterocycles. The summed E-state index contributed by atoms with van der Waals surface area (Å²) in [5.41, 5.74) is 16.8. The fourth-order valence-electron chi connectivity index (χ4n) is 9.24. The molecule has 0 aliphatic carbocycles. The van der Waals surface area contributed by atoms with E-state index in [1.165, 1.54) is 82.9 Å². The number of hydrogen-bond acceptors (Lipinski definition) is 4. The molecular weight excluding hydrogens is 698 g/mol. The molecule has 0 N–H and O–H groups in total. The van der Waals surface area contributed by atoms with E-state index in [-0.39, 0.29) is 6.71 Å². The van der Waals surface area contributed by atoms with Crippen LogP contribution in [0.1, 0.15) is 5.56 Å². The third kappa shape index (κ3) is 4.05. The first-order valence-electron chi connectivity index (χ1n) is 17.8. The summed E-state index contributed by atoms with van der Waals surface area (Å²) in [5.74, 6) is 5.15. The summed E-state index contributed by atoms with van der Waals surface area (Å²) < 4.78 is 3.12. The molecule has 4 heterocycles. The molecule has 7 aromatic rings. The zero-order chi connectivity index (χ0) is 34.0. The third-order valence-corrected chi connectivity index (χ3v) is 19.9. The minimum absolute atomic E-state index is 0.116. The van der Waals surface area contributed by atoms with Gasteiger partial charge in [-0.2, -0.15) is 0 Å². The number of para-hydroxylation sites is 5. The summed E-state index contributed by atoms with van der Waals surface area (Å²) in [5, 5.41) is 0. The van der Waals surface area contributed by atoms with Gasteiger partial charge in [0.2, 0.25) is 0 Å².